The van der Waals surface area contributed by atoms with Crippen molar-refractivity contribution in [3.63, 3.8) is 0 Å². The van der Waals surface area contributed by atoms with E-state index in [-0.39, 0.29) is 6.04 Å². The summed E-state index contributed by atoms with van der Waals surface area (Å²) in [5.74, 6) is 0. The average Bonchev–Trinajstić information content (AvgIpc) is 2.72. The summed E-state index contributed by atoms with van der Waals surface area (Å²) in [6, 6.07) is 12.4. The van der Waals surface area contributed by atoms with Crippen LogP contribution in [0.2, 0.25) is 5.02 Å². The molecule has 2 rings (SSSR count). The normalized spacial score (nSPS) is 12.7. The molecule has 1 aromatic carbocycles. The van der Waals surface area contributed by atoms with Gasteiger partial charge in [0, 0.05) is 9.90 Å². The van der Waals surface area contributed by atoms with Crippen molar-refractivity contribution in [2.24, 2.45) is 0 Å². The van der Waals surface area contributed by atoms with E-state index in [2.05, 4.69) is 28.9 Å². The summed E-state index contributed by atoms with van der Waals surface area (Å²) in [4.78, 5) is 1.31. The lowest BCUT2D eigenvalue weighted by atomic mass is 10.1. The Balaban J connectivity index is 2.35. The third-order valence-corrected chi connectivity index (χ3v) is 3.47. The number of benzene rings is 1. The van der Waals surface area contributed by atoms with Gasteiger partial charge in [0.15, 0.2) is 0 Å². The number of thiophene rings is 1. The molecule has 15 heavy (non-hydrogen) atoms. The second-order valence-electron chi connectivity index (χ2n) is 3.29. The van der Waals surface area contributed by atoms with Crippen LogP contribution in [0.4, 0.5) is 0 Å². The molecule has 0 aliphatic rings. The first-order valence-electron chi connectivity index (χ1n) is 4.77. The van der Waals surface area contributed by atoms with Gasteiger partial charge in [-0.2, -0.15) is 0 Å². The van der Waals surface area contributed by atoms with Crippen LogP contribution in [0.1, 0.15) is 16.5 Å². The molecule has 1 nitrogen and oxygen atoms in total. The lowest BCUT2D eigenvalue weighted by Gasteiger charge is -2.15. The molecule has 2 aromatic rings. The summed E-state index contributed by atoms with van der Waals surface area (Å²) in [7, 11) is 1.96. The third-order valence-electron chi connectivity index (χ3n) is 2.30. The Bertz CT molecular complexity index is 425. The van der Waals surface area contributed by atoms with Gasteiger partial charge >= 0.3 is 0 Å². The van der Waals surface area contributed by atoms with Gasteiger partial charge in [0.2, 0.25) is 0 Å². The molecule has 0 bridgehead atoms. The topological polar surface area (TPSA) is 12.0 Å². The molecule has 0 amide bonds. The number of halogens is 1. The van der Waals surface area contributed by atoms with Crippen LogP contribution in [0.3, 0.4) is 0 Å². The fourth-order valence-electron chi connectivity index (χ4n) is 1.61. The average molecular weight is 238 g/mol. The number of nitrogens with one attached hydrogen (secondary N) is 1. The van der Waals surface area contributed by atoms with Gasteiger partial charge < -0.3 is 5.32 Å². The van der Waals surface area contributed by atoms with E-state index in [0.717, 1.165) is 5.02 Å². The van der Waals surface area contributed by atoms with Crippen LogP contribution in [0.15, 0.2) is 41.8 Å². The van der Waals surface area contributed by atoms with Crippen molar-refractivity contribution in [3.05, 3.63) is 57.2 Å². The molecule has 0 spiro atoms. The fourth-order valence-corrected chi connectivity index (χ4v) is 2.68. The first kappa shape index (κ1) is 10.7. The minimum absolute atomic E-state index is 0.240. The molecule has 0 aliphatic carbocycles. The van der Waals surface area contributed by atoms with Crippen molar-refractivity contribution >= 4 is 22.9 Å². The summed E-state index contributed by atoms with van der Waals surface area (Å²) in [5, 5.41) is 6.17. The lowest BCUT2D eigenvalue weighted by Crippen LogP contribution is -2.16. The van der Waals surface area contributed by atoms with Crippen LogP contribution in [0.5, 0.6) is 0 Å². The fraction of sp³-hybridized carbons (Fsp3) is 0.167. The van der Waals surface area contributed by atoms with Gasteiger partial charge in [-0.25, -0.2) is 0 Å². The van der Waals surface area contributed by atoms with Crippen LogP contribution in [0.25, 0.3) is 0 Å². The Morgan fingerprint density at radius 1 is 1.27 bits per heavy atom. The minimum atomic E-state index is 0.240. The van der Waals surface area contributed by atoms with Crippen LogP contribution in [0, 0.1) is 0 Å². The Labute approximate surface area is 98.7 Å². The molecule has 0 saturated carbocycles. The zero-order chi connectivity index (χ0) is 10.7. The number of hydrogen-bond acceptors (Lipinski definition) is 2. The molecule has 3 heteroatoms. The second kappa shape index (κ2) is 4.79. The van der Waals surface area contributed by atoms with Crippen LogP contribution < -0.4 is 5.32 Å². The van der Waals surface area contributed by atoms with Gasteiger partial charge in [0.05, 0.1) is 6.04 Å². The van der Waals surface area contributed by atoms with Crippen molar-refractivity contribution in [2.75, 3.05) is 7.05 Å². The minimum Gasteiger partial charge on any atom is -0.309 e. The Morgan fingerprint density at radius 2 is 2.13 bits per heavy atom. The van der Waals surface area contributed by atoms with E-state index >= 15 is 0 Å². The maximum atomic E-state index is 5.98. The molecular formula is C12H12ClNS. The van der Waals surface area contributed by atoms with E-state index in [1.807, 2.05) is 25.2 Å². The third kappa shape index (κ3) is 2.40. The van der Waals surface area contributed by atoms with Crippen molar-refractivity contribution in [1.29, 1.82) is 0 Å². The molecular weight excluding hydrogens is 226 g/mol. The van der Waals surface area contributed by atoms with E-state index < -0.39 is 0 Å². The summed E-state index contributed by atoms with van der Waals surface area (Å²) >= 11 is 7.73. The van der Waals surface area contributed by atoms with E-state index in [4.69, 9.17) is 11.6 Å². The molecule has 0 fully saturated rings. The summed E-state index contributed by atoms with van der Waals surface area (Å²) in [5.41, 5.74) is 1.20. The molecule has 1 heterocycles. The van der Waals surface area contributed by atoms with E-state index in [0.29, 0.717) is 0 Å². The second-order valence-corrected chi connectivity index (χ2v) is 4.71. The van der Waals surface area contributed by atoms with E-state index in [1.165, 1.54) is 10.4 Å². The van der Waals surface area contributed by atoms with Crippen molar-refractivity contribution in [1.82, 2.24) is 5.32 Å². The lowest BCUT2D eigenvalue weighted by molar-refractivity contribution is 0.704. The maximum Gasteiger partial charge on any atom is 0.0669 e. The Morgan fingerprint density at radius 3 is 2.73 bits per heavy atom. The SMILES string of the molecule is CNC(c1cccc(Cl)c1)c1cccs1. The zero-order valence-corrected chi connectivity index (χ0v) is 9.98. The van der Waals surface area contributed by atoms with E-state index in [1.54, 1.807) is 11.3 Å². The van der Waals surface area contributed by atoms with Crippen LogP contribution in [-0.2, 0) is 0 Å². The molecule has 1 unspecified atom stereocenters. The molecule has 1 N–H and O–H groups in total. The summed E-state index contributed by atoms with van der Waals surface area (Å²) < 4.78 is 0. The Hall–Kier alpha value is -0.830. The predicted molar refractivity (Wildman–Crippen MR) is 66.7 cm³/mol. The van der Waals surface area contributed by atoms with Gasteiger partial charge in [-0.15, -0.1) is 11.3 Å². The van der Waals surface area contributed by atoms with Crippen molar-refractivity contribution in [2.45, 2.75) is 6.04 Å². The molecule has 0 aliphatic heterocycles. The highest BCUT2D eigenvalue weighted by Gasteiger charge is 2.12. The highest BCUT2D eigenvalue weighted by atomic mass is 35.5. The molecule has 78 valence electrons. The quantitative estimate of drug-likeness (QED) is 0.858. The summed E-state index contributed by atoms with van der Waals surface area (Å²) in [6.45, 7) is 0. The first-order valence-corrected chi connectivity index (χ1v) is 6.03. The smallest absolute Gasteiger partial charge is 0.0669 e. The number of hydrogen-bond donors (Lipinski definition) is 1. The first-order chi connectivity index (χ1) is 7.31. The molecule has 0 radical (unpaired) electrons. The molecule has 1 atom stereocenters. The van der Waals surface area contributed by atoms with Crippen LogP contribution >= 0.6 is 22.9 Å². The van der Waals surface area contributed by atoms with Crippen molar-refractivity contribution in [3.8, 4) is 0 Å². The molecule has 1 aromatic heterocycles. The standard InChI is InChI=1S/C12H12ClNS/c1-14-12(11-6-3-7-15-11)9-4-2-5-10(13)8-9/h2-8,12,14H,1H3. The van der Waals surface area contributed by atoms with E-state index in [9.17, 15) is 0 Å². The highest BCUT2D eigenvalue weighted by molar-refractivity contribution is 7.10. The predicted octanol–water partition coefficient (Wildman–Crippen LogP) is 3.71. The van der Waals surface area contributed by atoms with Crippen LogP contribution in [-0.4, -0.2) is 7.05 Å². The molecule has 0 saturated heterocycles. The van der Waals surface area contributed by atoms with Gasteiger partial charge in [0.1, 0.15) is 0 Å². The monoisotopic (exact) mass is 237 g/mol. The zero-order valence-electron chi connectivity index (χ0n) is 8.41. The van der Waals surface area contributed by atoms with Gasteiger partial charge in [-0.05, 0) is 36.2 Å². The van der Waals surface area contributed by atoms with Gasteiger partial charge in [0.25, 0.3) is 0 Å². The maximum absolute atomic E-state index is 5.98. The highest BCUT2D eigenvalue weighted by Crippen LogP contribution is 2.26. The van der Waals surface area contributed by atoms with Gasteiger partial charge in [-0.3, -0.25) is 0 Å². The van der Waals surface area contributed by atoms with Gasteiger partial charge in [-0.1, -0.05) is 29.8 Å². The Kier molecular flexibility index (Phi) is 3.41. The summed E-state index contributed by atoms with van der Waals surface area (Å²) in [6.07, 6.45) is 0. The number of rotatable bonds is 3. The largest absolute Gasteiger partial charge is 0.309 e. The van der Waals surface area contributed by atoms with Crippen molar-refractivity contribution < 1.29 is 0 Å².